The summed E-state index contributed by atoms with van der Waals surface area (Å²) in [5, 5.41) is 0. The number of allylic oxidation sites excluding steroid dienone is 3. The van der Waals surface area contributed by atoms with Crippen LogP contribution in [0, 0.1) is 28.6 Å². The second kappa shape index (κ2) is 7.31. The summed E-state index contributed by atoms with van der Waals surface area (Å²) in [4.78, 5) is 36.3. The number of fused-ring (bicyclic) bond motifs is 5. The van der Waals surface area contributed by atoms with E-state index in [2.05, 4.69) is 32.9 Å². The summed E-state index contributed by atoms with van der Waals surface area (Å²) in [5.41, 5.74) is 1.29. The fourth-order valence-electron chi connectivity index (χ4n) is 7.92. The zero-order chi connectivity index (χ0) is 22.8. The Morgan fingerprint density at radius 1 is 0.903 bits per heavy atom. The monoisotopic (exact) mass is 428 g/mol. The largest absolute Gasteiger partial charge is 0.458 e. The zero-order valence-corrected chi connectivity index (χ0v) is 19.7. The number of hydrogen-bond donors (Lipinski definition) is 0. The van der Waals surface area contributed by atoms with Gasteiger partial charge >= 0.3 is 11.9 Å². The topological polar surface area (TPSA) is 69.7 Å². The molecular formula is C26H36O5. The van der Waals surface area contributed by atoms with E-state index in [4.69, 9.17) is 9.47 Å². The van der Waals surface area contributed by atoms with Crippen molar-refractivity contribution in [2.24, 2.45) is 28.6 Å². The van der Waals surface area contributed by atoms with E-state index in [0.717, 1.165) is 32.1 Å². The lowest BCUT2D eigenvalue weighted by Gasteiger charge is -2.58. The molecule has 0 bridgehead atoms. The van der Waals surface area contributed by atoms with Gasteiger partial charge in [0.1, 0.15) is 6.10 Å². The molecule has 2 fully saturated rings. The molecule has 2 saturated carbocycles. The van der Waals surface area contributed by atoms with Gasteiger partial charge in [-0.3, -0.25) is 14.4 Å². The van der Waals surface area contributed by atoms with Crippen molar-refractivity contribution in [1.82, 2.24) is 0 Å². The third-order valence-electron chi connectivity index (χ3n) is 9.26. The highest BCUT2D eigenvalue weighted by Gasteiger charge is 2.67. The Balaban J connectivity index is 1.73. The van der Waals surface area contributed by atoms with Crippen LogP contribution >= 0.6 is 0 Å². The van der Waals surface area contributed by atoms with Gasteiger partial charge in [-0.1, -0.05) is 25.5 Å². The first-order valence-electron chi connectivity index (χ1n) is 11.7. The van der Waals surface area contributed by atoms with Gasteiger partial charge in [0.05, 0.1) is 0 Å². The Hall–Kier alpha value is -1.91. The summed E-state index contributed by atoms with van der Waals surface area (Å²) < 4.78 is 11.4. The minimum absolute atomic E-state index is 0.0173. The third-order valence-corrected chi connectivity index (χ3v) is 9.26. The molecule has 31 heavy (non-hydrogen) atoms. The predicted molar refractivity (Wildman–Crippen MR) is 117 cm³/mol. The van der Waals surface area contributed by atoms with Crippen molar-refractivity contribution in [1.29, 1.82) is 0 Å². The van der Waals surface area contributed by atoms with Crippen molar-refractivity contribution in [2.75, 3.05) is 0 Å². The van der Waals surface area contributed by atoms with Gasteiger partial charge in [-0.25, -0.2) is 0 Å². The van der Waals surface area contributed by atoms with Gasteiger partial charge in [-0.2, -0.15) is 0 Å². The van der Waals surface area contributed by atoms with Crippen LogP contribution in [0.3, 0.4) is 0 Å². The fraction of sp³-hybridized carbons (Fsp3) is 0.731. The van der Waals surface area contributed by atoms with Crippen molar-refractivity contribution in [3.63, 3.8) is 0 Å². The van der Waals surface area contributed by atoms with Gasteiger partial charge in [-0.15, -0.1) is 0 Å². The minimum atomic E-state index is -1.000. The highest BCUT2D eigenvalue weighted by atomic mass is 16.6. The molecule has 0 heterocycles. The van der Waals surface area contributed by atoms with Crippen LogP contribution in [-0.4, -0.2) is 29.4 Å². The van der Waals surface area contributed by atoms with Crippen LogP contribution in [0.5, 0.6) is 0 Å². The molecule has 4 aliphatic rings. The molecule has 5 nitrogen and oxygen atoms in total. The Morgan fingerprint density at radius 2 is 1.58 bits per heavy atom. The van der Waals surface area contributed by atoms with E-state index in [9.17, 15) is 14.4 Å². The summed E-state index contributed by atoms with van der Waals surface area (Å²) in [6, 6.07) is 0. The molecule has 0 unspecified atom stereocenters. The summed E-state index contributed by atoms with van der Waals surface area (Å²) in [6.45, 7) is 11.2. The molecule has 0 N–H and O–H groups in total. The molecule has 0 spiro atoms. The molecule has 0 amide bonds. The molecule has 0 aromatic rings. The Morgan fingerprint density at radius 3 is 2.19 bits per heavy atom. The Kier molecular flexibility index (Phi) is 5.26. The van der Waals surface area contributed by atoms with Crippen LogP contribution in [0.2, 0.25) is 0 Å². The zero-order valence-electron chi connectivity index (χ0n) is 19.7. The van der Waals surface area contributed by atoms with E-state index >= 15 is 0 Å². The number of ether oxygens (including phenoxy) is 2. The Labute approximate surface area is 185 Å². The second-order valence-electron chi connectivity index (χ2n) is 10.8. The van der Waals surface area contributed by atoms with E-state index in [1.807, 2.05) is 0 Å². The number of ketones is 1. The summed E-state index contributed by atoms with van der Waals surface area (Å²) >= 11 is 0. The number of hydrogen-bond acceptors (Lipinski definition) is 5. The maximum atomic E-state index is 12.9. The molecule has 5 heteroatoms. The van der Waals surface area contributed by atoms with E-state index in [1.165, 1.54) is 25.0 Å². The molecule has 170 valence electrons. The quantitative estimate of drug-likeness (QED) is 0.596. The lowest BCUT2D eigenvalue weighted by Crippen LogP contribution is -2.58. The number of esters is 2. The number of Topliss-reactive ketones (excluding diaryl/α,β-unsaturated/α-hetero) is 1. The van der Waals surface area contributed by atoms with Crippen LogP contribution in [-0.2, 0) is 23.9 Å². The highest BCUT2D eigenvalue weighted by Crippen LogP contribution is 2.68. The van der Waals surface area contributed by atoms with Crippen molar-refractivity contribution >= 4 is 17.7 Å². The lowest BCUT2D eigenvalue weighted by molar-refractivity contribution is -0.185. The van der Waals surface area contributed by atoms with Gasteiger partial charge in [0.2, 0.25) is 0 Å². The molecule has 0 aromatic heterocycles. The van der Waals surface area contributed by atoms with Gasteiger partial charge in [0.25, 0.3) is 0 Å². The van der Waals surface area contributed by atoms with Crippen molar-refractivity contribution in [3.8, 4) is 0 Å². The molecule has 7 atom stereocenters. The minimum Gasteiger partial charge on any atom is -0.458 e. The first kappa shape index (κ1) is 22.3. The van der Waals surface area contributed by atoms with Crippen LogP contribution in [0.15, 0.2) is 23.3 Å². The summed E-state index contributed by atoms with van der Waals surface area (Å²) in [5.74, 6) is 0.550. The normalized spacial score (nSPS) is 43.5. The van der Waals surface area contributed by atoms with E-state index in [1.54, 1.807) is 6.92 Å². The average Bonchev–Trinajstić information content (AvgIpc) is 2.96. The number of carbonyl (C=O) groups is 3. The standard InChI is InChI=1S/C26H36O5/c1-15-13-20-21(24(5)10-7-19(14-23(15)24)30-17(3)28)8-11-25(6)22(20)9-12-26(25,16(2)27)31-18(4)29/h13-14,19-22H,7-12H2,1-6H3/t19-,20-,21+,22+,24-,25+,26+/m1/s1. The average molecular weight is 429 g/mol. The van der Waals surface area contributed by atoms with E-state index < -0.39 is 5.60 Å². The molecule has 0 aliphatic heterocycles. The van der Waals surface area contributed by atoms with Crippen LogP contribution in [0.4, 0.5) is 0 Å². The molecule has 0 aromatic carbocycles. The van der Waals surface area contributed by atoms with Gasteiger partial charge < -0.3 is 9.47 Å². The highest BCUT2D eigenvalue weighted by molar-refractivity contribution is 5.89. The maximum Gasteiger partial charge on any atom is 0.303 e. The first-order valence-corrected chi connectivity index (χ1v) is 11.7. The summed E-state index contributed by atoms with van der Waals surface area (Å²) in [6.07, 6.45) is 9.69. The second-order valence-corrected chi connectivity index (χ2v) is 10.8. The lowest BCUT2D eigenvalue weighted by atomic mass is 9.47. The predicted octanol–water partition coefficient (Wildman–Crippen LogP) is 4.94. The van der Waals surface area contributed by atoms with Gasteiger partial charge in [0, 0.05) is 19.3 Å². The fourth-order valence-corrected chi connectivity index (χ4v) is 7.92. The molecule has 0 radical (unpaired) electrons. The van der Waals surface area contributed by atoms with Gasteiger partial charge in [-0.05, 0) is 87.2 Å². The molecular weight excluding hydrogens is 392 g/mol. The number of carbonyl (C=O) groups excluding carboxylic acids is 3. The summed E-state index contributed by atoms with van der Waals surface area (Å²) in [7, 11) is 0. The van der Waals surface area contributed by atoms with Crippen molar-refractivity contribution in [2.45, 2.75) is 91.8 Å². The smallest absolute Gasteiger partial charge is 0.303 e. The van der Waals surface area contributed by atoms with Crippen LogP contribution in [0.25, 0.3) is 0 Å². The van der Waals surface area contributed by atoms with Crippen LogP contribution < -0.4 is 0 Å². The van der Waals surface area contributed by atoms with E-state index in [-0.39, 0.29) is 34.7 Å². The number of rotatable bonds is 3. The molecule has 4 rings (SSSR count). The molecule has 0 saturated heterocycles. The molecule has 4 aliphatic carbocycles. The SMILES string of the molecule is CC(=O)O[C@H]1C=C2C(C)=C[C@@H]3[C@H](CC[C@@]4(C)[C@H]3CC[C@]4(OC(C)=O)C(C)=O)[C@@]2(C)CC1. The van der Waals surface area contributed by atoms with Crippen LogP contribution in [0.1, 0.15) is 80.1 Å². The van der Waals surface area contributed by atoms with Gasteiger partial charge in [0.15, 0.2) is 11.4 Å². The van der Waals surface area contributed by atoms with Crippen molar-refractivity contribution < 1.29 is 23.9 Å². The van der Waals surface area contributed by atoms with E-state index in [0.29, 0.717) is 24.2 Å². The Bertz CT molecular complexity index is 884. The maximum absolute atomic E-state index is 12.9. The van der Waals surface area contributed by atoms with Crippen molar-refractivity contribution in [3.05, 3.63) is 23.3 Å². The first-order chi connectivity index (χ1) is 14.4. The third kappa shape index (κ3) is 3.14.